The van der Waals surface area contributed by atoms with Gasteiger partial charge in [0.2, 0.25) is 5.43 Å². The van der Waals surface area contributed by atoms with E-state index in [9.17, 15) is 34.6 Å². The molecule has 2 aliphatic heterocycles. The van der Waals surface area contributed by atoms with Crippen molar-refractivity contribution < 1.29 is 39.2 Å². The molecule has 1 fully saturated rings. The number of hydrogen-bond donors (Lipinski definition) is 4. The van der Waals surface area contributed by atoms with Crippen LogP contribution in [0.4, 0.5) is 5.13 Å². The Morgan fingerprint density at radius 3 is 2.66 bits per heavy atom. The number of oxime groups is 1. The van der Waals surface area contributed by atoms with Crippen molar-refractivity contribution in [3.63, 3.8) is 0 Å². The summed E-state index contributed by atoms with van der Waals surface area (Å²) in [4.78, 5) is 61.8. The third-order valence-corrected chi connectivity index (χ3v) is 8.87. The number of aromatic nitrogens is 3. The number of carbonyl (C=O) groups excluding carboxylic acids is 3. The lowest BCUT2D eigenvalue weighted by molar-refractivity contribution is -0.689. The Kier molecular flexibility index (Phi) is 8.59. The summed E-state index contributed by atoms with van der Waals surface area (Å²) < 4.78 is 2.30. The van der Waals surface area contributed by atoms with Crippen LogP contribution in [-0.2, 0) is 25.8 Å². The number of pyridine rings is 2. The molecule has 5 rings (SSSR count). The van der Waals surface area contributed by atoms with Crippen molar-refractivity contribution in [3.8, 4) is 5.75 Å². The number of hydrogen-bond acceptors (Lipinski definition) is 13. The standard InChI is InChI=1S/C27H27N7O8S2/c1-13(2)22(16-8-17(35)18(36)10-33(16)41)42-31-19(15-12-44-27(28)29-15)23(37)30-20-24(38)34-21(26(39)40)14(11-43-25(20)34)9-32-6-4-3-5-7-32/h3-8,10,12-13,20,22,25,41H,9,11H2,1-2H3,(H4-,28,29,30,36,37,39,40)/b31-19-/t20-,22?,25-/m1/s1. The summed E-state index contributed by atoms with van der Waals surface area (Å²) in [5, 5.41) is 39.5. The van der Waals surface area contributed by atoms with E-state index < -0.39 is 46.5 Å². The Labute approximate surface area is 257 Å². The van der Waals surface area contributed by atoms with Crippen molar-refractivity contribution in [1.29, 1.82) is 0 Å². The maximum absolute atomic E-state index is 13.5. The minimum absolute atomic E-state index is 0.0389. The van der Waals surface area contributed by atoms with Gasteiger partial charge in [0.05, 0.1) is 17.9 Å². The SMILES string of the molecule is CC(C)C(O/N=C(\C(=O)N[C@@H]1C(=O)N2C(C(=O)[O-])=C(C[n+]3ccccc3)CS[C@H]12)c1csc(N)n1)c1cc(=O)c(O)cn1O. The first-order valence-corrected chi connectivity index (χ1v) is 15.1. The second-order valence-electron chi connectivity index (χ2n) is 10.2. The highest BCUT2D eigenvalue weighted by atomic mass is 32.2. The van der Waals surface area contributed by atoms with Gasteiger partial charge in [0, 0.05) is 34.9 Å². The van der Waals surface area contributed by atoms with Crippen LogP contribution in [0.25, 0.3) is 0 Å². The fourth-order valence-electron chi connectivity index (χ4n) is 4.73. The summed E-state index contributed by atoms with van der Waals surface area (Å²) in [6.45, 7) is 3.67. The lowest BCUT2D eigenvalue weighted by Crippen LogP contribution is -2.71. The van der Waals surface area contributed by atoms with Gasteiger partial charge in [0.15, 0.2) is 41.6 Å². The average molecular weight is 642 g/mol. The molecule has 0 aliphatic carbocycles. The van der Waals surface area contributed by atoms with E-state index in [1.807, 2.05) is 6.07 Å². The number of amides is 2. The molecule has 0 spiro atoms. The van der Waals surface area contributed by atoms with Crippen molar-refractivity contribution >= 4 is 51.7 Å². The van der Waals surface area contributed by atoms with Crippen LogP contribution in [-0.4, -0.2) is 65.6 Å². The van der Waals surface area contributed by atoms with Gasteiger partial charge in [-0.25, -0.2) is 9.55 Å². The fraction of sp³-hybridized carbons (Fsp3) is 0.296. The lowest BCUT2D eigenvalue weighted by atomic mass is 10.0. The van der Waals surface area contributed by atoms with Crippen molar-refractivity contribution in [2.24, 2.45) is 11.1 Å². The van der Waals surface area contributed by atoms with Gasteiger partial charge < -0.3 is 36.1 Å². The molecule has 3 aromatic heterocycles. The molecule has 3 atom stereocenters. The summed E-state index contributed by atoms with van der Waals surface area (Å²) in [6, 6.07) is 5.31. The van der Waals surface area contributed by atoms with E-state index in [-0.39, 0.29) is 46.1 Å². The molecule has 0 radical (unpaired) electrons. The summed E-state index contributed by atoms with van der Waals surface area (Å²) in [7, 11) is 0. The third kappa shape index (κ3) is 5.96. The van der Waals surface area contributed by atoms with Crippen LogP contribution >= 0.6 is 23.1 Å². The number of fused-ring (bicyclic) bond motifs is 1. The monoisotopic (exact) mass is 641 g/mol. The predicted molar refractivity (Wildman–Crippen MR) is 155 cm³/mol. The number of thioether (sulfide) groups is 1. The lowest BCUT2D eigenvalue weighted by Gasteiger charge is -2.50. The minimum atomic E-state index is -1.50. The number of nitrogens with zero attached hydrogens (tertiary/aromatic N) is 5. The molecule has 230 valence electrons. The van der Waals surface area contributed by atoms with Gasteiger partial charge in [-0.3, -0.25) is 19.3 Å². The molecule has 44 heavy (non-hydrogen) atoms. The summed E-state index contributed by atoms with van der Waals surface area (Å²) in [6.07, 6.45) is 3.30. The molecule has 2 aliphatic rings. The second kappa shape index (κ2) is 12.4. The van der Waals surface area contributed by atoms with Crippen LogP contribution in [0.5, 0.6) is 5.75 Å². The van der Waals surface area contributed by atoms with Crippen LogP contribution in [0.2, 0.25) is 0 Å². The Morgan fingerprint density at radius 1 is 1.30 bits per heavy atom. The summed E-state index contributed by atoms with van der Waals surface area (Å²) >= 11 is 2.33. The molecular formula is C27H27N7O8S2. The Hall–Kier alpha value is -4.90. The first-order valence-electron chi connectivity index (χ1n) is 13.2. The quantitative estimate of drug-likeness (QED) is 0.0716. The Bertz CT molecular complexity index is 1740. The molecule has 2 amide bonds. The second-order valence-corrected chi connectivity index (χ2v) is 12.2. The third-order valence-electron chi connectivity index (χ3n) is 6.85. The zero-order valence-electron chi connectivity index (χ0n) is 23.3. The molecule has 5 N–H and O–H groups in total. The van der Waals surface area contributed by atoms with Crippen LogP contribution in [0.3, 0.4) is 0 Å². The van der Waals surface area contributed by atoms with E-state index in [0.717, 1.165) is 28.5 Å². The molecule has 15 nitrogen and oxygen atoms in total. The molecule has 17 heteroatoms. The van der Waals surface area contributed by atoms with Crippen LogP contribution < -0.4 is 26.2 Å². The topological polar surface area (TPSA) is 216 Å². The number of carboxylic acid groups (broad SMARTS) is 1. The number of carbonyl (C=O) groups is 3. The normalized spacial score (nSPS) is 18.9. The number of aromatic hydroxyl groups is 1. The Balaban J connectivity index is 1.39. The van der Waals surface area contributed by atoms with Crippen molar-refractivity contribution in [2.75, 3.05) is 11.5 Å². The number of thiazole rings is 1. The summed E-state index contributed by atoms with van der Waals surface area (Å²) in [5.74, 6) is -3.77. The number of nitrogens with two attached hydrogens (primary N) is 1. The van der Waals surface area contributed by atoms with Gasteiger partial charge in [0.25, 0.3) is 11.8 Å². The van der Waals surface area contributed by atoms with Crippen molar-refractivity contribution in [2.45, 2.75) is 37.9 Å². The van der Waals surface area contributed by atoms with Gasteiger partial charge in [-0.1, -0.05) is 25.1 Å². The fourth-order valence-corrected chi connectivity index (χ4v) is 6.61. The zero-order valence-corrected chi connectivity index (χ0v) is 24.9. The number of β-lactam (4-membered cyclic amide) rings is 1. The van der Waals surface area contributed by atoms with Gasteiger partial charge in [-0.2, -0.15) is 4.73 Å². The average Bonchev–Trinajstić information content (AvgIpc) is 3.41. The molecular weight excluding hydrogens is 614 g/mol. The maximum Gasteiger partial charge on any atom is 0.276 e. The molecule has 1 saturated heterocycles. The van der Waals surface area contributed by atoms with Crippen LogP contribution in [0.1, 0.15) is 31.3 Å². The van der Waals surface area contributed by atoms with Gasteiger partial charge in [0.1, 0.15) is 22.8 Å². The zero-order chi connectivity index (χ0) is 31.7. The first-order chi connectivity index (χ1) is 21.0. The molecule has 5 heterocycles. The predicted octanol–water partition coefficient (Wildman–Crippen LogP) is -0.660. The molecule has 0 saturated carbocycles. The van der Waals surface area contributed by atoms with Crippen LogP contribution in [0.15, 0.2) is 69.5 Å². The van der Waals surface area contributed by atoms with E-state index in [2.05, 4.69) is 15.5 Å². The van der Waals surface area contributed by atoms with Gasteiger partial charge in [-0.05, 0) is 5.92 Å². The number of rotatable bonds is 10. The van der Waals surface area contributed by atoms with E-state index >= 15 is 0 Å². The van der Waals surface area contributed by atoms with E-state index in [4.69, 9.17) is 10.6 Å². The van der Waals surface area contributed by atoms with E-state index in [0.29, 0.717) is 10.3 Å². The largest absolute Gasteiger partial charge is 0.543 e. The number of nitrogen functional groups attached to an aromatic ring is 1. The Morgan fingerprint density at radius 2 is 2.02 bits per heavy atom. The molecule has 0 bridgehead atoms. The number of anilines is 1. The van der Waals surface area contributed by atoms with Crippen molar-refractivity contribution in [1.82, 2.24) is 19.9 Å². The first kappa shape index (κ1) is 30.6. The molecule has 3 aromatic rings. The number of nitrogens with one attached hydrogen (secondary N) is 1. The minimum Gasteiger partial charge on any atom is -0.543 e. The highest BCUT2D eigenvalue weighted by molar-refractivity contribution is 8.00. The number of carboxylic acids is 1. The van der Waals surface area contributed by atoms with Gasteiger partial charge in [-0.15, -0.1) is 23.1 Å². The molecule has 0 aromatic carbocycles. The maximum atomic E-state index is 13.5. The van der Waals surface area contributed by atoms with E-state index in [1.165, 1.54) is 17.1 Å². The summed E-state index contributed by atoms with van der Waals surface area (Å²) in [5.41, 5.74) is 4.92. The highest BCUT2D eigenvalue weighted by Gasteiger charge is 2.53. The number of aliphatic carboxylic acids is 1. The highest BCUT2D eigenvalue weighted by Crippen LogP contribution is 2.40. The van der Waals surface area contributed by atoms with Gasteiger partial charge >= 0.3 is 0 Å². The molecule has 1 unspecified atom stereocenters. The van der Waals surface area contributed by atoms with Crippen LogP contribution in [0, 0.1) is 5.92 Å². The van der Waals surface area contributed by atoms with E-state index in [1.54, 1.807) is 42.9 Å². The smallest absolute Gasteiger partial charge is 0.276 e. The van der Waals surface area contributed by atoms with Crippen molar-refractivity contribution in [3.05, 3.63) is 81.1 Å².